The standard InChI is InChI=1S/C29H29N7O3/c1-3-5-10-22-18-36(26-19(4-2)9-8-13-25(26)28(37)38)29(39)35(22)17-21-15-14-20(16-30-21)23-11-6-7-12-24(23)27-31-33-34-32-27/h6-9,11-16,18H,3-5,10,17H2,1-2H3,(H,37,38)(H,31,32,33,34). The molecule has 0 radical (unpaired) electrons. The predicted octanol–water partition coefficient (Wildman–Crippen LogP) is 4.53. The van der Waals surface area contributed by atoms with Crippen molar-refractivity contribution in [2.45, 2.75) is 46.1 Å². The van der Waals surface area contributed by atoms with E-state index in [0.717, 1.165) is 46.5 Å². The van der Waals surface area contributed by atoms with E-state index in [1.54, 1.807) is 29.1 Å². The van der Waals surface area contributed by atoms with E-state index < -0.39 is 5.97 Å². The topological polar surface area (TPSA) is 132 Å². The maximum Gasteiger partial charge on any atom is 0.337 e. The van der Waals surface area contributed by atoms with Crippen LogP contribution in [0.15, 0.2) is 71.8 Å². The molecule has 5 rings (SSSR count). The highest BCUT2D eigenvalue weighted by Gasteiger charge is 2.20. The maximum atomic E-state index is 13.7. The number of nitrogens with zero attached hydrogens (tertiary/aromatic N) is 6. The molecule has 0 aliphatic rings. The van der Waals surface area contributed by atoms with Crippen LogP contribution in [0.2, 0.25) is 0 Å². The monoisotopic (exact) mass is 523 g/mol. The van der Waals surface area contributed by atoms with E-state index in [4.69, 9.17) is 0 Å². The van der Waals surface area contributed by atoms with Gasteiger partial charge in [0.1, 0.15) is 0 Å². The summed E-state index contributed by atoms with van der Waals surface area (Å²) >= 11 is 0. The lowest BCUT2D eigenvalue weighted by Crippen LogP contribution is -2.26. The first kappa shape index (κ1) is 25.8. The van der Waals surface area contributed by atoms with Crippen molar-refractivity contribution in [3.8, 4) is 28.2 Å². The van der Waals surface area contributed by atoms with E-state index in [0.29, 0.717) is 24.4 Å². The molecule has 0 spiro atoms. The van der Waals surface area contributed by atoms with Gasteiger partial charge < -0.3 is 5.11 Å². The fourth-order valence-electron chi connectivity index (χ4n) is 4.80. The van der Waals surface area contributed by atoms with Crippen LogP contribution in [-0.2, 0) is 19.4 Å². The van der Waals surface area contributed by atoms with Gasteiger partial charge in [-0.1, -0.05) is 62.7 Å². The number of carboxylic acids is 1. The highest BCUT2D eigenvalue weighted by atomic mass is 16.4. The van der Waals surface area contributed by atoms with Crippen LogP contribution in [0.3, 0.4) is 0 Å². The summed E-state index contributed by atoms with van der Waals surface area (Å²) in [6, 6.07) is 16.8. The Morgan fingerprint density at radius 1 is 1.03 bits per heavy atom. The summed E-state index contributed by atoms with van der Waals surface area (Å²) in [6.45, 7) is 4.32. The number of aromatic carboxylic acids is 1. The zero-order valence-electron chi connectivity index (χ0n) is 21.8. The highest BCUT2D eigenvalue weighted by molar-refractivity contribution is 5.92. The SMILES string of the molecule is CCCCc1cn(-c2c(CC)cccc2C(=O)O)c(=O)n1Cc1ccc(-c2ccccc2-c2nnn[nH]2)cn1. The van der Waals surface area contributed by atoms with Crippen LogP contribution in [-0.4, -0.2) is 45.8 Å². The number of hydrogen-bond donors (Lipinski definition) is 2. The first-order valence-electron chi connectivity index (χ1n) is 13.0. The van der Waals surface area contributed by atoms with Crippen molar-refractivity contribution in [2.75, 3.05) is 0 Å². The number of H-pyrrole nitrogens is 1. The van der Waals surface area contributed by atoms with Crippen molar-refractivity contribution in [3.05, 3.63) is 100.0 Å². The van der Waals surface area contributed by atoms with Crippen LogP contribution < -0.4 is 5.69 Å². The summed E-state index contributed by atoms with van der Waals surface area (Å²) in [4.78, 5) is 30.5. The van der Waals surface area contributed by atoms with E-state index in [1.165, 1.54) is 4.57 Å². The molecule has 198 valence electrons. The predicted molar refractivity (Wildman–Crippen MR) is 147 cm³/mol. The number of benzene rings is 2. The Morgan fingerprint density at radius 3 is 2.51 bits per heavy atom. The number of hydrogen-bond acceptors (Lipinski definition) is 6. The molecule has 0 aliphatic heterocycles. The van der Waals surface area contributed by atoms with Gasteiger partial charge in [-0.3, -0.25) is 14.1 Å². The van der Waals surface area contributed by atoms with Crippen molar-refractivity contribution >= 4 is 5.97 Å². The van der Waals surface area contributed by atoms with Crippen molar-refractivity contribution in [2.24, 2.45) is 0 Å². The van der Waals surface area contributed by atoms with E-state index in [9.17, 15) is 14.7 Å². The molecule has 0 aliphatic carbocycles. The Kier molecular flexibility index (Phi) is 7.44. The van der Waals surface area contributed by atoms with Crippen LogP contribution in [0.4, 0.5) is 0 Å². The van der Waals surface area contributed by atoms with Crippen molar-refractivity contribution < 1.29 is 9.90 Å². The third-order valence-electron chi connectivity index (χ3n) is 6.80. The largest absolute Gasteiger partial charge is 0.478 e. The van der Waals surface area contributed by atoms with Crippen LogP contribution in [0.5, 0.6) is 0 Å². The molecule has 2 aromatic carbocycles. The van der Waals surface area contributed by atoms with Gasteiger partial charge in [-0.2, -0.15) is 0 Å². The van der Waals surface area contributed by atoms with Gasteiger partial charge in [0.05, 0.1) is 23.5 Å². The maximum absolute atomic E-state index is 13.7. The first-order chi connectivity index (χ1) is 19.0. The summed E-state index contributed by atoms with van der Waals surface area (Å²) in [5.41, 5.74) is 5.31. The number of carboxylic acid groups (broad SMARTS) is 1. The number of carbonyl (C=O) groups is 1. The average molecular weight is 524 g/mol. The second-order valence-corrected chi connectivity index (χ2v) is 9.27. The molecule has 0 atom stereocenters. The number of nitrogens with one attached hydrogen (secondary N) is 1. The highest BCUT2D eigenvalue weighted by Crippen LogP contribution is 2.29. The summed E-state index contributed by atoms with van der Waals surface area (Å²) in [5.74, 6) is -0.495. The minimum atomic E-state index is -1.06. The minimum absolute atomic E-state index is 0.110. The number of unbranched alkanes of at least 4 members (excludes halogenated alkanes) is 1. The molecule has 0 saturated carbocycles. The number of imidazole rings is 1. The molecule has 3 heterocycles. The van der Waals surface area contributed by atoms with Crippen LogP contribution in [0.1, 0.15) is 54.0 Å². The smallest absolute Gasteiger partial charge is 0.337 e. The van der Waals surface area contributed by atoms with Crippen LogP contribution in [0, 0.1) is 0 Å². The molecule has 10 heteroatoms. The quantitative estimate of drug-likeness (QED) is 0.275. The van der Waals surface area contributed by atoms with Gasteiger partial charge in [0.25, 0.3) is 0 Å². The summed E-state index contributed by atoms with van der Waals surface area (Å²) in [6.07, 6.45) is 6.75. The normalized spacial score (nSPS) is 11.1. The molecule has 0 saturated heterocycles. The molecule has 0 unspecified atom stereocenters. The minimum Gasteiger partial charge on any atom is -0.478 e. The third kappa shape index (κ3) is 5.13. The fraction of sp³-hybridized carbons (Fsp3) is 0.241. The summed E-state index contributed by atoms with van der Waals surface area (Å²) < 4.78 is 3.19. The number of pyridine rings is 1. The molecule has 10 nitrogen and oxygen atoms in total. The zero-order chi connectivity index (χ0) is 27.4. The van der Waals surface area contributed by atoms with Crippen molar-refractivity contribution in [3.63, 3.8) is 0 Å². The van der Waals surface area contributed by atoms with Gasteiger partial charge in [-0.15, -0.1) is 5.10 Å². The molecule has 0 amide bonds. The Bertz CT molecular complexity index is 1650. The molecule has 5 aromatic rings. The molecule has 0 fully saturated rings. The van der Waals surface area contributed by atoms with Crippen LogP contribution in [0.25, 0.3) is 28.2 Å². The van der Waals surface area contributed by atoms with Crippen molar-refractivity contribution in [1.82, 2.24) is 34.7 Å². The van der Waals surface area contributed by atoms with Gasteiger partial charge in [0.2, 0.25) is 0 Å². The Balaban J connectivity index is 1.53. The number of rotatable bonds is 10. The second-order valence-electron chi connectivity index (χ2n) is 9.27. The zero-order valence-corrected chi connectivity index (χ0v) is 21.8. The molecular weight excluding hydrogens is 494 g/mol. The van der Waals surface area contributed by atoms with Crippen molar-refractivity contribution in [1.29, 1.82) is 0 Å². The summed E-state index contributed by atoms with van der Waals surface area (Å²) in [5, 5.41) is 24.0. The number of aromatic amines is 1. The number of aryl methyl sites for hydroxylation is 2. The number of tetrazole rings is 1. The van der Waals surface area contributed by atoms with Gasteiger partial charge in [-0.05, 0) is 52.9 Å². The Labute approximate surface area is 225 Å². The third-order valence-corrected chi connectivity index (χ3v) is 6.80. The average Bonchev–Trinajstić information content (AvgIpc) is 3.61. The second kappa shape index (κ2) is 11.3. The lowest BCUT2D eigenvalue weighted by Gasteiger charge is -2.11. The fourth-order valence-corrected chi connectivity index (χ4v) is 4.80. The molecule has 0 bridgehead atoms. The lowest BCUT2D eigenvalue weighted by molar-refractivity contribution is 0.0696. The van der Waals surface area contributed by atoms with Gasteiger partial charge in [-0.25, -0.2) is 14.7 Å². The van der Waals surface area contributed by atoms with Gasteiger partial charge >= 0.3 is 11.7 Å². The van der Waals surface area contributed by atoms with Crippen LogP contribution >= 0.6 is 0 Å². The van der Waals surface area contributed by atoms with E-state index >= 15 is 0 Å². The number of aromatic nitrogens is 7. The van der Waals surface area contributed by atoms with E-state index in [2.05, 4.69) is 32.5 Å². The van der Waals surface area contributed by atoms with E-state index in [-0.39, 0.29) is 17.8 Å². The van der Waals surface area contributed by atoms with Gasteiger partial charge in [0, 0.05) is 29.2 Å². The van der Waals surface area contributed by atoms with Gasteiger partial charge in [0.15, 0.2) is 5.82 Å². The molecule has 3 aromatic heterocycles. The van der Waals surface area contributed by atoms with E-state index in [1.807, 2.05) is 49.4 Å². The lowest BCUT2D eigenvalue weighted by atomic mass is 10.0. The number of para-hydroxylation sites is 1. The molecule has 39 heavy (non-hydrogen) atoms. The summed E-state index contributed by atoms with van der Waals surface area (Å²) in [7, 11) is 0. The first-order valence-corrected chi connectivity index (χ1v) is 13.0. The Morgan fingerprint density at radius 2 is 1.85 bits per heavy atom. The Hall–Kier alpha value is -4.86. The molecule has 2 N–H and O–H groups in total. The molecular formula is C29H29N7O3.